The molecule has 5 rings (SSSR count). The highest BCUT2D eigenvalue weighted by molar-refractivity contribution is 6.05. The summed E-state index contributed by atoms with van der Waals surface area (Å²) in [5.74, 6) is 0.0686. The number of carbonyl (C=O) groups is 1. The van der Waals surface area contributed by atoms with E-state index in [1.54, 1.807) is 6.33 Å². The molecule has 29 heavy (non-hydrogen) atoms. The molecule has 0 bridgehead atoms. The zero-order chi connectivity index (χ0) is 19.8. The van der Waals surface area contributed by atoms with Gasteiger partial charge in [-0.05, 0) is 30.8 Å². The van der Waals surface area contributed by atoms with Gasteiger partial charge in [-0.3, -0.25) is 4.79 Å². The van der Waals surface area contributed by atoms with Crippen molar-refractivity contribution < 1.29 is 4.79 Å². The summed E-state index contributed by atoms with van der Waals surface area (Å²) in [5, 5.41) is 9.46. The number of hydrogen-bond donors (Lipinski definition) is 0. The van der Waals surface area contributed by atoms with Crippen LogP contribution in [0.3, 0.4) is 0 Å². The third kappa shape index (κ3) is 3.34. The fraction of sp³-hybridized carbons (Fsp3) is 0.273. The maximum absolute atomic E-state index is 13.0. The van der Waals surface area contributed by atoms with Gasteiger partial charge in [-0.15, -0.1) is 10.2 Å². The van der Waals surface area contributed by atoms with Gasteiger partial charge in [0.1, 0.15) is 0 Å². The van der Waals surface area contributed by atoms with Crippen molar-refractivity contribution in [3.8, 4) is 0 Å². The average molecular weight is 386 g/mol. The van der Waals surface area contributed by atoms with E-state index in [4.69, 9.17) is 0 Å². The lowest BCUT2D eigenvalue weighted by molar-refractivity contribution is 0.0664. The Bertz CT molecular complexity index is 1180. The van der Waals surface area contributed by atoms with Gasteiger partial charge in [-0.2, -0.15) is 0 Å². The van der Waals surface area contributed by atoms with Gasteiger partial charge in [-0.25, -0.2) is 4.98 Å². The number of amides is 1. The summed E-state index contributed by atoms with van der Waals surface area (Å²) in [6, 6.07) is 15.9. The van der Waals surface area contributed by atoms with E-state index in [1.807, 2.05) is 41.3 Å². The number of aromatic nitrogens is 4. The fourth-order valence-corrected chi connectivity index (χ4v) is 3.86. The monoisotopic (exact) mass is 386 g/mol. The molecule has 0 saturated carbocycles. The van der Waals surface area contributed by atoms with Crippen molar-refractivity contribution in [3.05, 3.63) is 66.0 Å². The SMILES string of the molecule is CN1CCN(C(=O)c2ccc3nnc4ncn(Cc5ccccc5)c4c3c2)CC1. The zero-order valence-corrected chi connectivity index (χ0v) is 16.3. The van der Waals surface area contributed by atoms with Gasteiger partial charge in [0.25, 0.3) is 5.91 Å². The quantitative estimate of drug-likeness (QED) is 0.541. The first-order chi connectivity index (χ1) is 14.2. The van der Waals surface area contributed by atoms with Crippen LogP contribution in [0.25, 0.3) is 22.1 Å². The van der Waals surface area contributed by atoms with E-state index < -0.39 is 0 Å². The molecule has 1 aliphatic heterocycles. The van der Waals surface area contributed by atoms with Gasteiger partial charge in [0.05, 0.1) is 17.4 Å². The molecule has 0 spiro atoms. The van der Waals surface area contributed by atoms with Crippen molar-refractivity contribution in [1.29, 1.82) is 0 Å². The lowest BCUT2D eigenvalue weighted by Gasteiger charge is -2.32. The van der Waals surface area contributed by atoms with Gasteiger partial charge in [0.2, 0.25) is 5.65 Å². The summed E-state index contributed by atoms with van der Waals surface area (Å²) >= 11 is 0. The van der Waals surface area contributed by atoms with Crippen LogP contribution in [-0.2, 0) is 6.54 Å². The van der Waals surface area contributed by atoms with Crippen LogP contribution in [0, 0.1) is 0 Å². The molecule has 146 valence electrons. The lowest BCUT2D eigenvalue weighted by Crippen LogP contribution is -2.47. The van der Waals surface area contributed by atoms with Crippen LogP contribution in [0.15, 0.2) is 54.9 Å². The molecular formula is C22H22N6O. The fourth-order valence-electron chi connectivity index (χ4n) is 3.86. The topological polar surface area (TPSA) is 67.2 Å². The van der Waals surface area contributed by atoms with Crippen LogP contribution >= 0.6 is 0 Å². The van der Waals surface area contributed by atoms with E-state index in [2.05, 4.69) is 43.8 Å². The predicted molar refractivity (Wildman–Crippen MR) is 112 cm³/mol. The number of rotatable bonds is 3. The minimum Gasteiger partial charge on any atom is -0.336 e. The highest BCUT2D eigenvalue weighted by Gasteiger charge is 2.21. The van der Waals surface area contributed by atoms with Crippen molar-refractivity contribution in [3.63, 3.8) is 0 Å². The van der Waals surface area contributed by atoms with Crippen molar-refractivity contribution >= 4 is 28.0 Å². The second-order valence-corrected chi connectivity index (χ2v) is 7.56. The Kier molecular flexibility index (Phi) is 4.44. The van der Waals surface area contributed by atoms with Crippen molar-refractivity contribution in [2.75, 3.05) is 33.2 Å². The Morgan fingerprint density at radius 1 is 1.00 bits per heavy atom. The normalized spacial score (nSPS) is 15.3. The minimum absolute atomic E-state index is 0.0686. The number of carbonyl (C=O) groups excluding carboxylic acids is 1. The smallest absolute Gasteiger partial charge is 0.253 e. The summed E-state index contributed by atoms with van der Waals surface area (Å²) in [6.45, 7) is 4.00. The maximum Gasteiger partial charge on any atom is 0.253 e. The average Bonchev–Trinajstić information content (AvgIpc) is 3.17. The molecule has 0 radical (unpaired) electrons. The van der Waals surface area contributed by atoms with Gasteiger partial charge in [-0.1, -0.05) is 30.3 Å². The molecule has 2 aromatic carbocycles. The summed E-state index contributed by atoms with van der Waals surface area (Å²) in [5.41, 5.74) is 4.14. The molecule has 0 unspecified atom stereocenters. The second-order valence-electron chi connectivity index (χ2n) is 7.56. The summed E-state index contributed by atoms with van der Waals surface area (Å²) in [7, 11) is 2.08. The van der Waals surface area contributed by atoms with Crippen LogP contribution in [0.5, 0.6) is 0 Å². The highest BCUT2D eigenvalue weighted by Crippen LogP contribution is 2.24. The van der Waals surface area contributed by atoms with E-state index in [-0.39, 0.29) is 5.91 Å². The van der Waals surface area contributed by atoms with E-state index in [0.29, 0.717) is 17.8 Å². The molecule has 2 aromatic heterocycles. The molecule has 3 heterocycles. The lowest BCUT2D eigenvalue weighted by atomic mass is 10.1. The van der Waals surface area contributed by atoms with Gasteiger partial charge >= 0.3 is 0 Å². The standard InChI is InChI=1S/C22H22N6O/c1-26-9-11-27(12-10-26)22(29)17-7-8-19-18(13-17)20-21(25-24-19)23-15-28(20)14-16-5-3-2-4-6-16/h2-8,13,15H,9-12,14H2,1H3. The number of nitrogens with zero attached hydrogens (tertiary/aromatic N) is 6. The molecule has 1 fully saturated rings. The van der Waals surface area contributed by atoms with Crippen LogP contribution in [0.2, 0.25) is 0 Å². The molecule has 1 aliphatic rings. The van der Waals surface area contributed by atoms with Crippen molar-refractivity contribution in [1.82, 2.24) is 29.5 Å². The molecule has 0 N–H and O–H groups in total. The minimum atomic E-state index is 0.0686. The van der Waals surface area contributed by atoms with Crippen LogP contribution in [0.4, 0.5) is 0 Å². The Balaban J connectivity index is 1.56. The zero-order valence-electron chi connectivity index (χ0n) is 16.3. The van der Waals surface area contributed by atoms with Crippen LogP contribution in [0.1, 0.15) is 15.9 Å². The largest absolute Gasteiger partial charge is 0.336 e. The molecule has 1 amide bonds. The number of hydrogen-bond acceptors (Lipinski definition) is 5. The number of imidazole rings is 1. The molecular weight excluding hydrogens is 364 g/mol. The van der Waals surface area contributed by atoms with Crippen LogP contribution < -0.4 is 0 Å². The Morgan fingerprint density at radius 3 is 2.59 bits per heavy atom. The second kappa shape index (κ2) is 7.25. The molecule has 1 saturated heterocycles. The summed E-state index contributed by atoms with van der Waals surface area (Å²) in [4.78, 5) is 21.6. The van der Waals surface area contributed by atoms with E-state index >= 15 is 0 Å². The summed E-state index contributed by atoms with van der Waals surface area (Å²) in [6.07, 6.45) is 1.79. The molecule has 7 nitrogen and oxygen atoms in total. The van der Waals surface area contributed by atoms with Crippen molar-refractivity contribution in [2.45, 2.75) is 6.54 Å². The Hall–Kier alpha value is -3.32. The first-order valence-electron chi connectivity index (χ1n) is 9.82. The molecule has 7 heteroatoms. The van der Waals surface area contributed by atoms with Crippen molar-refractivity contribution in [2.24, 2.45) is 0 Å². The number of fused-ring (bicyclic) bond motifs is 3. The first kappa shape index (κ1) is 17.8. The third-order valence-corrected chi connectivity index (χ3v) is 5.56. The number of piperazine rings is 1. The Labute approximate surface area is 168 Å². The van der Waals surface area contributed by atoms with E-state index in [0.717, 1.165) is 42.6 Å². The van der Waals surface area contributed by atoms with Gasteiger partial charge in [0.15, 0.2) is 0 Å². The highest BCUT2D eigenvalue weighted by atomic mass is 16.2. The third-order valence-electron chi connectivity index (χ3n) is 5.56. The van der Waals surface area contributed by atoms with Crippen LogP contribution in [-0.4, -0.2) is 68.7 Å². The van der Waals surface area contributed by atoms with Gasteiger partial charge < -0.3 is 14.4 Å². The maximum atomic E-state index is 13.0. The summed E-state index contributed by atoms with van der Waals surface area (Å²) < 4.78 is 2.08. The molecule has 4 aromatic rings. The number of likely N-dealkylation sites (N-methyl/N-ethyl adjacent to an activating group) is 1. The molecule has 0 atom stereocenters. The predicted octanol–water partition coefficient (Wildman–Crippen LogP) is 2.42. The number of benzene rings is 2. The first-order valence-corrected chi connectivity index (χ1v) is 9.82. The molecule has 0 aliphatic carbocycles. The van der Waals surface area contributed by atoms with E-state index in [9.17, 15) is 4.79 Å². The van der Waals surface area contributed by atoms with Gasteiger partial charge in [0, 0.05) is 43.7 Å². The Morgan fingerprint density at radius 2 is 1.79 bits per heavy atom. The van der Waals surface area contributed by atoms with E-state index in [1.165, 1.54) is 5.56 Å².